The van der Waals surface area contributed by atoms with E-state index in [2.05, 4.69) is 12.2 Å². The first-order valence-electron chi connectivity index (χ1n) is 7.72. The van der Waals surface area contributed by atoms with Gasteiger partial charge in [0.25, 0.3) is 0 Å². The van der Waals surface area contributed by atoms with Gasteiger partial charge in [-0.2, -0.15) is 0 Å². The average Bonchev–Trinajstić information content (AvgIpc) is 3.01. The lowest BCUT2D eigenvalue weighted by Gasteiger charge is -2.29. The van der Waals surface area contributed by atoms with Gasteiger partial charge in [0.05, 0.1) is 12.7 Å². The second-order valence-electron chi connectivity index (χ2n) is 6.37. The van der Waals surface area contributed by atoms with Crippen molar-refractivity contribution in [2.24, 2.45) is 0 Å². The molecule has 106 valence electrons. The van der Waals surface area contributed by atoms with Gasteiger partial charge >= 0.3 is 0 Å². The third-order valence-electron chi connectivity index (χ3n) is 4.26. The lowest BCUT2D eigenvalue weighted by Crippen LogP contribution is -2.46. The summed E-state index contributed by atoms with van der Waals surface area (Å²) in [6, 6.07) is 0.664. The Morgan fingerprint density at radius 2 is 1.89 bits per heavy atom. The Bertz CT molecular complexity index is 237. The monoisotopic (exact) mass is 255 g/mol. The highest BCUT2D eigenvalue weighted by Crippen LogP contribution is 2.25. The summed E-state index contributed by atoms with van der Waals surface area (Å²) in [5.74, 6) is 0. The van der Waals surface area contributed by atoms with Crippen molar-refractivity contribution in [1.29, 1.82) is 0 Å². The Labute approximate surface area is 111 Å². The van der Waals surface area contributed by atoms with Crippen LogP contribution in [-0.2, 0) is 4.74 Å². The molecule has 2 rings (SSSR count). The number of hydrogen-bond acceptors (Lipinski definition) is 3. The Morgan fingerprint density at radius 3 is 2.50 bits per heavy atom. The van der Waals surface area contributed by atoms with Gasteiger partial charge in [-0.25, -0.2) is 0 Å². The molecule has 0 aromatic rings. The van der Waals surface area contributed by atoms with Crippen molar-refractivity contribution in [3.05, 3.63) is 0 Å². The Hall–Kier alpha value is -0.120. The fraction of sp³-hybridized carbons (Fsp3) is 1.00. The summed E-state index contributed by atoms with van der Waals surface area (Å²) >= 11 is 0. The third kappa shape index (κ3) is 4.87. The molecular weight excluding hydrogens is 226 g/mol. The topological polar surface area (TPSA) is 41.5 Å². The van der Waals surface area contributed by atoms with Crippen molar-refractivity contribution < 1.29 is 9.84 Å². The minimum absolute atomic E-state index is 0.0749. The van der Waals surface area contributed by atoms with Crippen LogP contribution < -0.4 is 5.32 Å². The van der Waals surface area contributed by atoms with Crippen LogP contribution in [0.3, 0.4) is 0 Å². The molecule has 0 aromatic carbocycles. The van der Waals surface area contributed by atoms with Crippen LogP contribution in [0.1, 0.15) is 64.7 Å². The standard InChI is InChI=1S/C15H29NO2/c1-15(12-17,16-13-8-9-13)10-4-5-11-18-14-6-2-3-7-14/h13-14,16-17H,2-12H2,1H3. The molecule has 0 saturated heterocycles. The summed E-state index contributed by atoms with van der Waals surface area (Å²) in [7, 11) is 0. The van der Waals surface area contributed by atoms with Crippen LogP contribution in [-0.4, -0.2) is 36.0 Å². The molecule has 1 unspecified atom stereocenters. The highest BCUT2D eigenvalue weighted by Gasteiger charge is 2.31. The van der Waals surface area contributed by atoms with Crippen molar-refractivity contribution in [3.8, 4) is 0 Å². The maximum absolute atomic E-state index is 9.50. The zero-order valence-corrected chi connectivity index (χ0v) is 11.8. The molecular formula is C15H29NO2. The largest absolute Gasteiger partial charge is 0.394 e. The van der Waals surface area contributed by atoms with Gasteiger partial charge in [-0.3, -0.25) is 0 Å². The number of ether oxygens (including phenoxy) is 1. The predicted molar refractivity (Wildman–Crippen MR) is 73.7 cm³/mol. The summed E-state index contributed by atoms with van der Waals surface area (Å²) in [5, 5.41) is 13.1. The van der Waals surface area contributed by atoms with Gasteiger partial charge in [-0.1, -0.05) is 12.8 Å². The second-order valence-corrected chi connectivity index (χ2v) is 6.37. The molecule has 0 heterocycles. The van der Waals surface area contributed by atoms with E-state index < -0.39 is 0 Å². The molecule has 0 aromatic heterocycles. The van der Waals surface area contributed by atoms with E-state index in [1.54, 1.807) is 0 Å². The van der Waals surface area contributed by atoms with Crippen molar-refractivity contribution in [1.82, 2.24) is 5.32 Å². The Morgan fingerprint density at radius 1 is 1.17 bits per heavy atom. The lowest BCUT2D eigenvalue weighted by molar-refractivity contribution is 0.0537. The summed E-state index contributed by atoms with van der Waals surface area (Å²) in [4.78, 5) is 0. The van der Waals surface area contributed by atoms with Gasteiger partial charge in [-0.15, -0.1) is 0 Å². The molecule has 18 heavy (non-hydrogen) atoms. The Kier molecular flexibility index (Phi) is 5.46. The molecule has 0 amide bonds. The zero-order chi connectivity index (χ0) is 12.8. The lowest BCUT2D eigenvalue weighted by atomic mass is 9.95. The van der Waals surface area contributed by atoms with E-state index in [-0.39, 0.29) is 12.1 Å². The number of nitrogens with one attached hydrogen (secondary N) is 1. The van der Waals surface area contributed by atoms with Gasteiger partial charge in [0, 0.05) is 18.2 Å². The molecule has 2 aliphatic carbocycles. The first-order chi connectivity index (χ1) is 8.72. The number of unbranched alkanes of at least 4 members (excludes halogenated alkanes) is 1. The number of aliphatic hydroxyl groups excluding tert-OH is 1. The van der Waals surface area contributed by atoms with Crippen LogP contribution in [0.4, 0.5) is 0 Å². The third-order valence-corrected chi connectivity index (χ3v) is 4.26. The normalized spacial score (nSPS) is 24.3. The van der Waals surface area contributed by atoms with E-state index in [1.807, 2.05) is 0 Å². The first-order valence-corrected chi connectivity index (χ1v) is 7.72. The van der Waals surface area contributed by atoms with Crippen LogP contribution in [0.2, 0.25) is 0 Å². The second kappa shape index (κ2) is 6.88. The van der Waals surface area contributed by atoms with Gasteiger partial charge < -0.3 is 15.2 Å². The minimum Gasteiger partial charge on any atom is -0.394 e. The maximum atomic E-state index is 9.50. The molecule has 2 fully saturated rings. The highest BCUT2D eigenvalue weighted by atomic mass is 16.5. The number of hydrogen-bond donors (Lipinski definition) is 2. The average molecular weight is 255 g/mol. The van der Waals surface area contributed by atoms with E-state index in [0.717, 1.165) is 25.9 Å². The number of aliphatic hydroxyl groups is 1. The zero-order valence-electron chi connectivity index (χ0n) is 11.8. The van der Waals surface area contributed by atoms with Gasteiger partial charge in [0.2, 0.25) is 0 Å². The molecule has 1 atom stereocenters. The molecule has 3 heteroatoms. The smallest absolute Gasteiger partial charge is 0.0610 e. The van der Waals surface area contributed by atoms with Crippen molar-refractivity contribution in [2.75, 3.05) is 13.2 Å². The Balaban J connectivity index is 1.52. The summed E-state index contributed by atoms with van der Waals surface area (Å²) in [6.45, 7) is 3.28. The first kappa shape index (κ1) is 14.3. The minimum atomic E-state index is -0.0749. The molecule has 3 nitrogen and oxygen atoms in total. The van der Waals surface area contributed by atoms with E-state index in [1.165, 1.54) is 38.5 Å². The van der Waals surface area contributed by atoms with Crippen LogP contribution in [0.15, 0.2) is 0 Å². The van der Waals surface area contributed by atoms with Crippen LogP contribution in [0, 0.1) is 0 Å². The summed E-state index contributed by atoms with van der Waals surface area (Å²) in [5.41, 5.74) is -0.0749. The van der Waals surface area contributed by atoms with Crippen molar-refractivity contribution in [2.45, 2.75) is 82.4 Å². The van der Waals surface area contributed by atoms with Crippen LogP contribution in [0.5, 0.6) is 0 Å². The molecule has 2 aliphatic rings. The maximum Gasteiger partial charge on any atom is 0.0610 e. The molecule has 2 N–H and O–H groups in total. The van der Waals surface area contributed by atoms with E-state index in [9.17, 15) is 5.11 Å². The fourth-order valence-electron chi connectivity index (χ4n) is 2.84. The van der Waals surface area contributed by atoms with Crippen LogP contribution in [0.25, 0.3) is 0 Å². The molecule has 0 spiro atoms. The van der Waals surface area contributed by atoms with Crippen molar-refractivity contribution >= 4 is 0 Å². The van der Waals surface area contributed by atoms with Gasteiger partial charge in [-0.05, 0) is 51.9 Å². The van der Waals surface area contributed by atoms with Crippen LogP contribution >= 0.6 is 0 Å². The SMILES string of the molecule is CC(CO)(CCCCOC1CCCC1)NC1CC1. The fourth-order valence-corrected chi connectivity index (χ4v) is 2.84. The van der Waals surface area contributed by atoms with Gasteiger partial charge in [0.15, 0.2) is 0 Å². The van der Waals surface area contributed by atoms with Gasteiger partial charge in [0.1, 0.15) is 0 Å². The highest BCUT2D eigenvalue weighted by molar-refractivity contribution is 4.92. The molecule has 0 aliphatic heterocycles. The molecule has 0 radical (unpaired) electrons. The van der Waals surface area contributed by atoms with E-state index >= 15 is 0 Å². The molecule has 2 saturated carbocycles. The summed E-state index contributed by atoms with van der Waals surface area (Å²) < 4.78 is 5.86. The molecule has 0 bridgehead atoms. The van der Waals surface area contributed by atoms with E-state index in [4.69, 9.17) is 4.74 Å². The van der Waals surface area contributed by atoms with Crippen molar-refractivity contribution in [3.63, 3.8) is 0 Å². The predicted octanol–water partition coefficient (Wildman–Crippen LogP) is 2.62. The summed E-state index contributed by atoms with van der Waals surface area (Å²) in [6.07, 6.45) is 11.6. The van der Waals surface area contributed by atoms with E-state index in [0.29, 0.717) is 12.1 Å². The number of rotatable bonds is 9. The quantitative estimate of drug-likeness (QED) is 0.622.